The van der Waals surface area contributed by atoms with E-state index in [9.17, 15) is 9.90 Å². The summed E-state index contributed by atoms with van der Waals surface area (Å²) in [7, 11) is 1.51. The van der Waals surface area contributed by atoms with Gasteiger partial charge in [0, 0.05) is 11.1 Å². The van der Waals surface area contributed by atoms with Gasteiger partial charge >= 0.3 is 5.97 Å². The Bertz CT molecular complexity index is 1130. The number of benzene rings is 3. The summed E-state index contributed by atoms with van der Waals surface area (Å²) in [5.41, 5.74) is 5.90. The van der Waals surface area contributed by atoms with Crippen molar-refractivity contribution < 1.29 is 24.6 Å². The smallest absolute Gasteiger partial charge is 0.344 e. The molecule has 0 spiro atoms. The number of oxime groups is 1. The van der Waals surface area contributed by atoms with E-state index in [-0.39, 0.29) is 5.75 Å². The van der Waals surface area contributed by atoms with Gasteiger partial charge in [-0.3, -0.25) is 0 Å². The Morgan fingerprint density at radius 2 is 1.57 bits per heavy atom. The van der Waals surface area contributed by atoms with Gasteiger partial charge in [-0.15, -0.1) is 0 Å². The highest BCUT2D eigenvalue weighted by atomic mass is 16.6. The summed E-state index contributed by atoms with van der Waals surface area (Å²) in [6.45, 7) is -0.512. The van der Waals surface area contributed by atoms with Crippen molar-refractivity contribution in [2.24, 2.45) is 5.16 Å². The number of phenols is 1. The molecule has 30 heavy (non-hydrogen) atoms. The summed E-state index contributed by atoms with van der Waals surface area (Å²) in [6, 6.07) is 20.7. The number of nitrogens with zero attached hydrogens (tertiary/aromatic N) is 1. The normalized spacial score (nSPS) is 11.9. The molecule has 0 unspecified atom stereocenters. The molecule has 0 heterocycles. The van der Waals surface area contributed by atoms with Gasteiger partial charge in [0.25, 0.3) is 0 Å². The molecule has 6 nitrogen and oxygen atoms in total. The average molecular weight is 401 g/mol. The quantitative estimate of drug-likeness (QED) is 0.490. The lowest BCUT2D eigenvalue weighted by molar-refractivity contribution is -0.142. The topological polar surface area (TPSA) is 88.4 Å². The third-order valence-corrected chi connectivity index (χ3v) is 4.80. The van der Waals surface area contributed by atoms with Crippen molar-refractivity contribution in [1.82, 2.24) is 0 Å². The zero-order valence-electron chi connectivity index (χ0n) is 16.2. The van der Waals surface area contributed by atoms with Crippen LogP contribution in [0.15, 0.2) is 71.9 Å². The van der Waals surface area contributed by atoms with Crippen LogP contribution in [-0.2, 0) is 9.63 Å². The molecule has 0 aromatic heterocycles. The number of carboxylic acid groups (broad SMARTS) is 1. The lowest BCUT2D eigenvalue weighted by Crippen LogP contribution is -2.16. The van der Waals surface area contributed by atoms with Crippen molar-refractivity contribution in [2.45, 2.75) is 0 Å². The summed E-state index contributed by atoms with van der Waals surface area (Å²) in [4.78, 5) is 15.9. The van der Waals surface area contributed by atoms with E-state index in [0.717, 1.165) is 33.4 Å². The standard InChI is InChI=1S/C24H19NO5/c1-29-22-11-10-15(13-21(22)26)12-20-16-6-2-4-8-18(16)24(25-30-14-23(27)28)19-9-5-3-7-17(19)20/h2-13,26H,14H2,1H3,(H,27,28). The largest absolute Gasteiger partial charge is 0.504 e. The molecule has 6 heteroatoms. The number of rotatable bonds is 5. The fourth-order valence-electron chi connectivity index (χ4n) is 3.51. The van der Waals surface area contributed by atoms with Gasteiger partial charge in [0.2, 0.25) is 6.61 Å². The second-order valence-electron chi connectivity index (χ2n) is 6.69. The molecular formula is C24H19NO5. The van der Waals surface area contributed by atoms with E-state index in [4.69, 9.17) is 14.7 Å². The molecule has 0 saturated heterocycles. The molecule has 3 aromatic carbocycles. The summed E-state index contributed by atoms with van der Waals surface area (Å²) >= 11 is 0. The van der Waals surface area contributed by atoms with Gasteiger partial charge in [0.15, 0.2) is 11.5 Å². The number of phenolic OH excluding ortho intramolecular Hbond substituents is 1. The summed E-state index contributed by atoms with van der Waals surface area (Å²) in [5.74, 6) is -0.614. The number of fused-ring (bicyclic) bond motifs is 2. The highest BCUT2D eigenvalue weighted by Gasteiger charge is 2.25. The number of aromatic hydroxyl groups is 1. The van der Waals surface area contributed by atoms with Crippen LogP contribution in [0.2, 0.25) is 0 Å². The van der Waals surface area contributed by atoms with E-state index < -0.39 is 12.6 Å². The molecule has 150 valence electrons. The lowest BCUT2D eigenvalue weighted by Gasteiger charge is -2.24. The Labute approximate surface area is 173 Å². The van der Waals surface area contributed by atoms with Gasteiger partial charge in [-0.25, -0.2) is 4.79 Å². The Kier molecular flexibility index (Phi) is 5.22. The predicted octanol–water partition coefficient (Wildman–Crippen LogP) is 4.16. The highest BCUT2D eigenvalue weighted by Crippen LogP contribution is 2.38. The van der Waals surface area contributed by atoms with Crippen molar-refractivity contribution in [3.63, 3.8) is 0 Å². The Balaban J connectivity index is 1.88. The minimum Gasteiger partial charge on any atom is -0.504 e. The molecule has 0 aliphatic heterocycles. The van der Waals surface area contributed by atoms with Crippen LogP contribution >= 0.6 is 0 Å². The molecule has 1 aliphatic rings. The van der Waals surface area contributed by atoms with Crippen LogP contribution in [0.25, 0.3) is 11.6 Å². The number of carboxylic acids is 1. The SMILES string of the molecule is COc1ccc(C=C2c3ccccc3C(=NOCC(=O)O)c3ccccc32)cc1O. The van der Waals surface area contributed by atoms with E-state index in [1.807, 2.05) is 60.7 Å². The molecule has 1 aliphatic carbocycles. The van der Waals surface area contributed by atoms with Gasteiger partial charge in [0.05, 0.1) is 7.11 Å². The molecule has 0 atom stereocenters. The van der Waals surface area contributed by atoms with Crippen LogP contribution in [0.4, 0.5) is 0 Å². The lowest BCUT2D eigenvalue weighted by atomic mass is 9.80. The first-order chi connectivity index (χ1) is 14.6. The summed E-state index contributed by atoms with van der Waals surface area (Å²) < 4.78 is 5.13. The van der Waals surface area contributed by atoms with Crippen LogP contribution < -0.4 is 4.74 Å². The molecule has 0 radical (unpaired) electrons. The molecule has 0 bridgehead atoms. The van der Waals surface area contributed by atoms with Crippen molar-refractivity contribution in [1.29, 1.82) is 0 Å². The zero-order chi connectivity index (χ0) is 21.1. The third-order valence-electron chi connectivity index (χ3n) is 4.80. The molecule has 2 N–H and O–H groups in total. The van der Waals surface area contributed by atoms with Crippen LogP contribution in [-0.4, -0.2) is 35.6 Å². The monoisotopic (exact) mass is 401 g/mol. The molecule has 0 amide bonds. The first-order valence-corrected chi connectivity index (χ1v) is 9.28. The zero-order valence-corrected chi connectivity index (χ0v) is 16.2. The first-order valence-electron chi connectivity index (χ1n) is 9.28. The summed E-state index contributed by atoms with van der Waals surface area (Å²) in [6.07, 6.45) is 1.99. The third kappa shape index (κ3) is 3.63. The number of hydrogen-bond donors (Lipinski definition) is 2. The Morgan fingerprint density at radius 3 is 2.10 bits per heavy atom. The first kappa shape index (κ1) is 19.3. The van der Waals surface area contributed by atoms with E-state index in [1.54, 1.807) is 12.1 Å². The van der Waals surface area contributed by atoms with Crippen LogP contribution in [0.3, 0.4) is 0 Å². The van der Waals surface area contributed by atoms with E-state index in [2.05, 4.69) is 5.16 Å². The predicted molar refractivity (Wildman–Crippen MR) is 114 cm³/mol. The van der Waals surface area contributed by atoms with E-state index in [1.165, 1.54) is 7.11 Å². The molecule has 3 aromatic rings. The minimum atomic E-state index is -1.09. The second kappa shape index (κ2) is 8.13. The molecule has 0 fully saturated rings. The fraction of sp³-hybridized carbons (Fsp3) is 0.0833. The van der Waals surface area contributed by atoms with Crippen molar-refractivity contribution in [3.8, 4) is 11.5 Å². The minimum absolute atomic E-state index is 0.0635. The van der Waals surface area contributed by atoms with Crippen LogP contribution in [0, 0.1) is 0 Å². The van der Waals surface area contributed by atoms with Crippen molar-refractivity contribution in [3.05, 3.63) is 94.5 Å². The van der Waals surface area contributed by atoms with E-state index >= 15 is 0 Å². The van der Waals surface area contributed by atoms with Crippen LogP contribution in [0.5, 0.6) is 11.5 Å². The van der Waals surface area contributed by atoms with Gasteiger partial charge in [-0.2, -0.15) is 0 Å². The number of ether oxygens (including phenoxy) is 1. The maximum atomic E-state index is 10.8. The Hall–Kier alpha value is -4.06. The van der Waals surface area contributed by atoms with Crippen LogP contribution in [0.1, 0.15) is 27.8 Å². The van der Waals surface area contributed by atoms with Gasteiger partial charge in [-0.05, 0) is 40.5 Å². The molecule has 4 rings (SSSR count). The van der Waals surface area contributed by atoms with Gasteiger partial charge in [0.1, 0.15) is 5.71 Å². The maximum Gasteiger partial charge on any atom is 0.344 e. The number of methoxy groups -OCH3 is 1. The summed E-state index contributed by atoms with van der Waals surface area (Å²) in [5, 5.41) is 23.2. The number of carbonyl (C=O) groups is 1. The highest BCUT2D eigenvalue weighted by molar-refractivity contribution is 6.22. The second-order valence-corrected chi connectivity index (χ2v) is 6.69. The number of aliphatic carboxylic acids is 1. The fourth-order valence-corrected chi connectivity index (χ4v) is 3.51. The van der Waals surface area contributed by atoms with Gasteiger partial charge in [-0.1, -0.05) is 59.8 Å². The average Bonchev–Trinajstić information content (AvgIpc) is 2.75. The Morgan fingerprint density at radius 1 is 0.967 bits per heavy atom. The maximum absolute atomic E-state index is 10.8. The van der Waals surface area contributed by atoms with Crippen molar-refractivity contribution in [2.75, 3.05) is 13.7 Å². The van der Waals surface area contributed by atoms with Gasteiger partial charge < -0.3 is 19.8 Å². The molecule has 0 saturated carbocycles. The number of hydrogen-bond acceptors (Lipinski definition) is 5. The molecular weight excluding hydrogens is 382 g/mol. The van der Waals surface area contributed by atoms with E-state index in [0.29, 0.717) is 11.5 Å². The van der Waals surface area contributed by atoms with Crippen molar-refractivity contribution >= 4 is 23.3 Å².